The average Bonchev–Trinajstić information content (AvgIpc) is 3.20. The Labute approximate surface area is 180 Å². The van der Waals surface area contributed by atoms with Crippen molar-refractivity contribution in [2.45, 2.75) is 34.1 Å². The molecule has 0 saturated carbocycles. The lowest BCUT2D eigenvalue weighted by Gasteiger charge is -2.07. The highest BCUT2D eigenvalue weighted by atomic mass is 32.2. The zero-order valence-electron chi connectivity index (χ0n) is 17.8. The maximum Gasteiger partial charge on any atom is 0.240 e. The molecule has 0 saturated heterocycles. The van der Waals surface area contributed by atoms with Gasteiger partial charge in [-0.1, -0.05) is 49.4 Å². The van der Waals surface area contributed by atoms with Crippen LogP contribution in [0.4, 0.5) is 0 Å². The molecule has 6 heteroatoms. The van der Waals surface area contributed by atoms with E-state index in [-0.39, 0.29) is 11.4 Å². The monoisotopic (exact) mass is 432 g/mol. The van der Waals surface area contributed by atoms with Crippen LogP contribution in [0.15, 0.2) is 94.4 Å². The molecule has 0 bridgehead atoms. The number of sulfonamides is 1. The Balaban J connectivity index is 0.00000178. The Hall–Kier alpha value is -2.28. The minimum atomic E-state index is -3.63. The van der Waals surface area contributed by atoms with Crippen LogP contribution in [-0.4, -0.2) is 21.2 Å². The van der Waals surface area contributed by atoms with Gasteiger partial charge in [0.05, 0.1) is 17.1 Å². The summed E-state index contributed by atoms with van der Waals surface area (Å²) in [6, 6.07) is 3.87. The van der Waals surface area contributed by atoms with E-state index in [1.54, 1.807) is 60.9 Å². The third-order valence-corrected chi connectivity index (χ3v) is 5.39. The molecule has 0 aliphatic heterocycles. The van der Waals surface area contributed by atoms with Gasteiger partial charge in [-0.25, -0.2) is 13.1 Å². The molecule has 0 aliphatic rings. The Morgan fingerprint density at radius 2 is 1.93 bits per heavy atom. The van der Waals surface area contributed by atoms with Crippen molar-refractivity contribution in [2.24, 2.45) is 4.99 Å². The van der Waals surface area contributed by atoms with Gasteiger partial charge in [0.1, 0.15) is 0 Å². The standard InChI is InChI=1S/C19H24N2O2S2.C4H8/c1-5-8-17(20-15-18-10-7-13-24-18)14-21-25(22,23)19(9-6-2)12-11-16(3)4;1-3-4-2/h5-13,15,21H,1,14H2,2-4H3;3H,1,4H2,2H3/b9-6-,17-8+,19-12+,20-15?;. The molecule has 1 aromatic heterocycles. The molecule has 0 amide bonds. The Kier molecular flexibility index (Phi) is 14.4. The fourth-order valence-electron chi connectivity index (χ4n) is 1.69. The van der Waals surface area contributed by atoms with Gasteiger partial charge >= 0.3 is 0 Å². The third-order valence-electron chi connectivity index (χ3n) is 3.17. The summed E-state index contributed by atoms with van der Waals surface area (Å²) >= 11 is 1.56. The predicted octanol–water partition coefficient (Wildman–Crippen LogP) is 6.16. The van der Waals surface area contributed by atoms with Gasteiger partial charge in [0.2, 0.25) is 10.0 Å². The molecule has 1 heterocycles. The summed E-state index contributed by atoms with van der Waals surface area (Å²) in [5.74, 6) is 0. The first-order valence-electron chi connectivity index (χ1n) is 9.28. The first kappa shape index (κ1) is 26.7. The van der Waals surface area contributed by atoms with Crippen molar-refractivity contribution in [1.29, 1.82) is 0 Å². The third kappa shape index (κ3) is 12.7. The molecule has 0 spiro atoms. The van der Waals surface area contributed by atoms with E-state index in [2.05, 4.69) is 29.8 Å². The molecule has 29 heavy (non-hydrogen) atoms. The van der Waals surface area contributed by atoms with Crippen LogP contribution in [0.2, 0.25) is 0 Å². The van der Waals surface area contributed by atoms with Crippen LogP contribution in [0.5, 0.6) is 0 Å². The van der Waals surface area contributed by atoms with Crippen molar-refractivity contribution in [3.8, 4) is 0 Å². The SMILES string of the molecule is C=C/C=C(\CNS(=O)(=O)C(/C=C\C)=C/C=C(C)C)N=Cc1cccs1.C=CCC. The van der Waals surface area contributed by atoms with Gasteiger partial charge < -0.3 is 0 Å². The van der Waals surface area contributed by atoms with Crippen molar-refractivity contribution >= 4 is 27.6 Å². The molecule has 0 aromatic carbocycles. The molecule has 0 radical (unpaired) electrons. The molecule has 0 unspecified atom stereocenters. The van der Waals surface area contributed by atoms with Crippen LogP contribution in [0.1, 0.15) is 39.0 Å². The Bertz CT molecular complexity index is 866. The maximum absolute atomic E-state index is 12.5. The highest BCUT2D eigenvalue weighted by Gasteiger charge is 2.14. The largest absolute Gasteiger partial charge is 0.258 e. The van der Waals surface area contributed by atoms with Crippen molar-refractivity contribution in [3.05, 3.63) is 94.3 Å². The average molecular weight is 433 g/mol. The molecule has 158 valence electrons. The number of thiophene rings is 1. The number of nitrogens with zero attached hydrogens (tertiary/aromatic N) is 1. The van der Waals surface area contributed by atoms with E-state index in [9.17, 15) is 8.42 Å². The maximum atomic E-state index is 12.5. The van der Waals surface area contributed by atoms with Gasteiger partial charge in [-0.3, -0.25) is 4.99 Å². The molecule has 4 nitrogen and oxygen atoms in total. The molecule has 0 aliphatic carbocycles. The Morgan fingerprint density at radius 3 is 2.41 bits per heavy atom. The smallest absolute Gasteiger partial charge is 0.240 e. The lowest BCUT2D eigenvalue weighted by molar-refractivity contribution is 0.592. The summed E-state index contributed by atoms with van der Waals surface area (Å²) in [7, 11) is -3.63. The zero-order valence-corrected chi connectivity index (χ0v) is 19.4. The number of rotatable bonds is 10. The molecule has 1 N–H and O–H groups in total. The van der Waals surface area contributed by atoms with E-state index in [4.69, 9.17) is 0 Å². The van der Waals surface area contributed by atoms with Gasteiger partial charge in [0, 0.05) is 11.1 Å². The van der Waals surface area contributed by atoms with Crippen molar-refractivity contribution < 1.29 is 8.42 Å². The topological polar surface area (TPSA) is 58.5 Å². The quantitative estimate of drug-likeness (QED) is 0.273. The first-order chi connectivity index (χ1) is 13.8. The molecule has 1 rings (SSSR count). The number of hydrogen-bond acceptors (Lipinski definition) is 4. The summed E-state index contributed by atoms with van der Waals surface area (Å²) in [5, 5.41) is 1.96. The minimum Gasteiger partial charge on any atom is -0.258 e. The summed E-state index contributed by atoms with van der Waals surface area (Å²) in [4.78, 5) is 5.54. The van der Waals surface area contributed by atoms with Crippen molar-refractivity contribution in [3.63, 3.8) is 0 Å². The summed E-state index contributed by atoms with van der Waals surface area (Å²) in [5.41, 5.74) is 1.60. The van der Waals surface area contributed by atoms with E-state index in [0.717, 1.165) is 16.9 Å². The molecular weight excluding hydrogens is 400 g/mol. The van der Waals surface area contributed by atoms with E-state index < -0.39 is 10.0 Å². The zero-order chi connectivity index (χ0) is 22.1. The van der Waals surface area contributed by atoms with E-state index >= 15 is 0 Å². The van der Waals surface area contributed by atoms with Crippen molar-refractivity contribution in [2.75, 3.05) is 6.54 Å². The van der Waals surface area contributed by atoms with Gasteiger partial charge in [0.15, 0.2) is 0 Å². The predicted molar refractivity (Wildman–Crippen MR) is 130 cm³/mol. The molecule has 0 fully saturated rings. The molecule has 0 atom stereocenters. The van der Waals surface area contributed by atoms with E-state index in [0.29, 0.717) is 5.70 Å². The van der Waals surface area contributed by atoms with Crippen LogP contribution in [0.25, 0.3) is 0 Å². The number of aliphatic imine (C=N–C) groups is 1. The number of allylic oxidation sites excluding steroid dienone is 8. The summed E-state index contributed by atoms with van der Waals surface area (Å²) in [6.07, 6.45) is 14.5. The fraction of sp³-hybridized carbons (Fsp3) is 0.261. The highest BCUT2D eigenvalue weighted by Crippen LogP contribution is 2.10. The fourth-order valence-corrected chi connectivity index (χ4v) is 3.35. The highest BCUT2D eigenvalue weighted by molar-refractivity contribution is 7.93. The molecule has 1 aromatic rings. The second-order valence-corrected chi connectivity index (χ2v) is 8.75. The van der Waals surface area contributed by atoms with Crippen molar-refractivity contribution in [1.82, 2.24) is 4.72 Å². The van der Waals surface area contributed by atoms with E-state index in [1.807, 2.05) is 37.4 Å². The van der Waals surface area contributed by atoms with Gasteiger partial charge in [0.25, 0.3) is 0 Å². The Morgan fingerprint density at radius 1 is 1.24 bits per heavy atom. The second-order valence-electron chi connectivity index (χ2n) is 6.00. The van der Waals surface area contributed by atoms with Gasteiger partial charge in [-0.15, -0.1) is 17.9 Å². The normalized spacial score (nSPS) is 12.6. The lowest BCUT2D eigenvalue weighted by atomic mass is 10.3. The van der Waals surface area contributed by atoms with Gasteiger partial charge in [-0.05, 0) is 56.9 Å². The number of hydrogen-bond donors (Lipinski definition) is 1. The van der Waals surface area contributed by atoms with Gasteiger partial charge in [-0.2, -0.15) is 0 Å². The van der Waals surface area contributed by atoms with Crippen LogP contribution in [-0.2, 0) is 10.0 Å². The minimum absolute atomic E-state index is 0.0833. The van der Waals surface area contributed by atoms with Crippen LogP contribution < -0.4 is 4.72 Å². The second kappa shape index (κ2) is 15.6. The molecular formula is C23H32N2O2S2. The van der Waals surface area contributed by atoms with Crippen LogP contribution >= 0.6 is 11.3 Å². The lowest BCUT2D eigenvalue weighted by Crippen LogP contribution is -2.26. The van der Waals surface area contributed by atoms with Crippen LogP contribution in [0, 0.1) is 0 Å². The van der Waals surface area contributed by atoms with E-state index in [1.165, 1.54) is 0 Å². The number of nitrogens with one attached hydrogen (secondary N) is 1. The summed E-state index contributed by atoms with van der Waals surface area (Å²) in [6.45, 7) is 14.9. The summed E-state index contributed by atoms with van der Waals surface area (Å²) < 4.78 is 27.6. The van der Waals surface area contributed by atoms with Crippen LogP contribution in [0.3, 0.4) is 0 Å². The first-order valence-corrected chi connectivity index (χ1v) is 11.6.